The number of methoxy groups -OCH3 is 1. The number of likely N-dealkylation sites (tertiary alicyclic amines) is 1. The van der Waals surface area contributed by atoms with Gasteiger partial charge in [0.2, 0.25) is 0 Å². The smallest absolute Gasteiger partial charge is 0.254 e. The van der Waals surface area contributed by atoms with Gasteiger partial charge in [-0.2, -0.15) is 5.10 Å². The maximum Gasteiger partial charge on any atom is 0.254 e. The summed E-state index contributed by atoms with van der Waals surface area (Å²) in [6, 6.07) is 31.9. The molecule has 1 saturated heterocycles. The van der Waals surface area contributed by atoms with Gasteiger partial charge in [-0.3, -0.25) is 4.79 Å². The number of fused-ring (bicyclic) bond motifs is 2. The summed E-state index contributed by atoms with van der Waals surface area (Å²) in [6.45, 7) is 7.93. The van der Waals surface area contributed by atoms with Crippen LogP contribution in [0.25, 0.3) is 16.6 Å². The van der Waals surface area contributed by atoms with Crippen molar-refractivity contribution in [1.29, 1.82) is 0 Å². The third-order valence-electron chi connectivity index (χ3n) is 7.05. The number of ether oxygens (including phenoxy) is 1. The molecule has 5 nitrogen and oxygen atoms in total. The minimum absolute atomic E-state index is 0.145. The van der Waals surface area contributed by atoms with Crippen molar-refractivity contribution in [3.63, 3.8) is 0 Å². The van der Waals surface area contributed by atoms with Gasteiger partial charge in [0, 0.05) is 24.0 Å². The van der Waals surface area contributed by atoms with Gasteiger partial charge in [-0.15, -0.1) is 0 Å². The van der Waals surface area contributed by atoms with E-state index in [0.717, 1.165) is 52.8 Å². The predicted molar refractivity (Wildman–Crippen MR) is 164 cm³/mol. The molecule has 2 heterocycles. The van der Waals surface area contributed by atoms with Crippen molar-refractivity contribution in [1.82, 2.24) is 14.7 Å². The molecule has 2 atom stereocenters. The minimum atomic E-state index is -0.235. The standard InChI is InChI=1S/C14H11FN2.C13H15NO2.C6H6.C2H6/c1-10-2-3-11-9-16-17(14(11)8-10)13-6-4-12(15)5-7-13;1-16-12-4-2-3-9(6-12)13(15)14-7-10-5-11(10)8-14;1-2-4-6-5-3-1;1-2/h2-9H,1H3;2-4,6,10-11H,5,7-8H2,1H3;1-6H;1-2H3. The molecular formula is C35H38FN3O2. The van der Waals surface area contributed by atoms with Crippen LogP contribution in [0, 0.1) is 24.6 Å². The molecule has 0 radical (unpaired) electrons. The second-order valence-electron chi connectivity index (χ2n) is 9.95. The van der Waals surface area contributed by atoms with Gasteiger partial charge in [-0.1, -0.05) is 68.4 Å². The van der Waals surface area contributed by atoms with E-state index in [1.165, 1.54) is 24.1 Å². The monoisotopic (exact) mass is 551 g/mol. The van der Waals surface area contributed by atoms with E-state index < -0.39 is 0 Å². The molecule has 7 rings (SSSR count). The number of benzene rings is 4. The fraction of sp³-hybridized carbons (Fsp3) is 0.257. The second-order valence-corrected chi connectivity index (χ2v) is 9.95. The molecule has 2 unspecified atom stereocenters. The molecule has 4 aromatic carbocycles. The van der Waals surface area contributed by atoms with Gasteiger partial charge >= 0.3 is 0 Å². The number of rotatable bonds is 3. The molecule has 212 valence electrons. The summed E-state index contributed by atoms with van der Waals surface area (Å²) in [6.07, 6.45) is 3.14. The number of carbonyl (C=O) groups is 1. The molecule has 0 bridgehead atoms. The molecule has 6 heteroatoms. The third kappa shape index (κ3) is 7.82. The van der Waals surface area contributed by atoms with Crippen LogP contribution in [-0.2, 0) is 0 Å². The van der Waals surface area contributed by atoms with Gasteiger partial charge in [0.1, 0.15) is 11.6 Å². The van der Waals surface area contributed by atoms with Gasteiger partial charge in [0.25, 0.3) is 5.91 Å². The van der Waals surface area contributed by atoms with Crippen molar-refractivity contribution in [2.24, 2.45) is 11.8 Å². The SMILES string of the molecule is CC.COc1cccc(C(=O)N2CC3CC3C2)c1.Cc1ccc2cnn(-c3ccc(F)cc3)c2c1.c1ccccc1. The molecule has 2 aliphatic rings. The zero-order chi connectivity index (χ0) is 29.2. The van der Waals surface area contributed by atoms with Crippen molar-refractivity contribution in [3.05, 3.63) is 126 Å². The summed E-state index contributed by atoms with van der Waals surface area (Å²) < 4.78 is 19.8. The Morgan fingerprint density at radius 2 is 1.49 bits per heavy atom. The normalized spacial score (nSPS) is 16.2. The first kappa shape index (κ1) is 29.5. The molecule has 5 aromatic rings. The zero-order valence-corrected chi connectivity index (χ0v) is 24.2. The summed E-state index contributed by atoms with van der Waals surface area (Å²) in [5.41, 5.74) is 3.82. The number of piperidine rings is 1. The first-order chi connectivity index (χ1) is 20.0. The van der Waals surface area contributed by atoms with Crippen LogP contribution in [0.4, 0.5) is 4.39 Å². The predicted octanol–water partition coefficient (Wildman–Crippen LogP) is 7.97. The van der Waals surface area contributed by atoms with Gasteiger partial charge < -0.3 is 9.64 Å². The first-order valence-corrected chi connectivity index (χ1v) is 14.2. The van der Waals surface area contributed by atoms with Crippen LogP contribution in [0.2, 0.25) is 0 Å². The summed E-state index contributed by atoms with van der Waals surface area (Å²) >= 11 is 0. The fourth-order valence-corrected chi connectivity index (χ4v) is 4.80. The molecule has 41 heavy (non-hydrogen) atoms. The highest BCUT2D eigenvalue weighted by atomic mass is 19.1. The highest BCUT2D eigenvalue weighted by Gasteiger charge is 2.46. The van der Waals surface area contributed by atoms with Gasteiger partial charge in [-0.25, -0.2) is 9.07 Å². The molecule has 2 fully saturated rings. The maximum absolute atomic E-state index is 12.9. The van der Waals surface area contributed by atoms with Crippen LogP contribution in [0.15, 0.2) is 109 Å². The molecule has 0 N–H and O–H groups in total. The summed E-state index contributed by atoms with van der Waals surface area (Å²) in [7, 11) is 1.62. The number of amides is 1. The summed E-state index contributed by atoms with van der Waals surface area (Å²) in [5, 5.41) is 5.41. The quantitative estimate of drug-likeness (QED) is 0.228. The second kappa shape index (κ2) is 14.3. The molecule has 1 saturated carbocycles. The number of aryl methyl sites for hydroxylation is 1. The van der Waals surface area contributed by atoms with E-state index in [2.05, 4.69) is 17.2 Å². The van der Waals surface area contributed by atoms with Crippen molar-refractivity contribution < 1.29 is 13.9 Å². The van der Waals surface area contributed by atoms with E-state index in [4.69, 9.17) is 4.74 Å². The Balaban J connectivity index is 0.000000150. The topological polar surface area (TPSA) is 47.4 Å². The van der Waals surface area contributed by atoms with E-state index in [9.17, 15) is 9.18 Å². The van der Waals surface area contributed by atoms with E-state index in [1.807, 2.05) is 103 Å². The largest absolute Gasteiger partial charge is 0.497 e. The zero-order valence-electron chi connectivity index (χ0n) is 24.2. The average molecular weight is 552 g/mol. The van der Waals surface area contributed by atoms with Gasteiger partial charge in [0.05, 0.1) is 24.5 Å². The Morgan fingerprint density at radius 1 is 0.854 bits per heavy atom. The molecule has 0 spiro atoms. The Hall–Kier alpha value is -4.45. The molecule has 1 amide bonds. The number of hydrogen-bond acceptors (Lipinski definition) is 3. The van der Waals surface area contributed by atoms with Gasteiger partial charge in [0.15, 0.2) is 0 Å². The van der Waals surface area contributed by atoms with Crippen LogP contribution in [-0.4, -0.2) is 40.8 Å². The lowest BCUT2D eigenvalue weighted by atomic mass is 10.2. The molecule has 1 aliphatic heterocycles. The maximum atomic E-state index is 12.9. The number of aromatic nitrogens is 2. The highest BCUT2D eigenvalue weighted by molar-refractivity contribution is 5.95. The van der Waals surface area contributed by atoms with E-state index in [1.54, 1.807) is 19.2 Å². The van der Waals surface area contributed by atoms with E-state index >= 15 is 0 Å². The van der Waals surface area contributed by atoms with Gasteiger partial charge in [-0.05, 0) is 79.3 Å². The minimum Gasteiger partial charge on any atom is -0.497 e. The molecule has 1 aromatic heterocycles. The molecule has 1 aliphatic carbocycles. The Morgan fingerprint density at radius 3 is 2.10 bits per heavy atom. The number of hydrogen-bond donors (Lipinski definition) is 0. The lowest BCUT2D eigenvalue weighted by Crippen LogP contribution is -2.30. The van der Waals surface area contributed by atoms with Crippen molar-refractivity contribution in [2.45, 2.75) is 27.2 Å². The van der Waals surface area contributed by atoms with Crippen molar-refractivity contribution in [2.75, 3.05) is 20.2 Å². The van der Waals surface area contributed by atoms with Crippen molar-refractivity contribution >= 4 is 16.8 Å². The van der Waals surface area contributed by atoms with Crippen LogP contribution in [0.3, 0.4) is 0 Å². The fourth-order valence-electron chi connectivity index (χ4n) is 4.80. The average Bonchev–Trinajstić information content (AvgIpc) is 3.42. The highest BCUT2D eigenvalue weighted by Crippen LogP contribution is 2.45. The number of nitrogens with zero attached hydrogens (tertiary/aromatic N) is 3. The van der Waals surface area contributed by atoms with Crippen LogP contribution in [0.1, 0.15) is 36.2 Å². The Bertz CT molecular complexity index is 1500. The molecular weight excluding hydrogens is 513 g/mol. The number of halogens is 1. The summed E-state index contributed by atoms with van der Waals surface area (Å²) in [5.74, 6) is 2.23. The van der Waals surface area contributed by atoms with Crippen molar-refractivity contribution in [3.8, 4) is 11.4 Å². The third-order valence-corrected chi connectivity index (χ3v) is 7.05. The lowest BCUT2D eigenvalue weighted by molar-refractivity contribution is 0.0775. The Kier molecular flexibility index (Phi) is 10.3. The van der Waals surface area contributed by atoms with Crippen LogP contribution >= 0.6 is 0 Å². The number of carbonyl (C=O) groups excluding carboxylic acids is 1. The Labute approximate surface area is 242 Å². The van der Waals surface area contributed by atoms with E-state index in [0.29, 0.717) is 0 Å². The lowest BCUT2D eigenvalue weighted by Gasteiger charge is -2.18. The summed E-state index contributed by atoms with van der Waals surface area (Å²) in [4.78, 5) is 14.1. The van der Waals surface area contributed by atoms with E-state index in [-0.39, 0.29) is 11.7 Å². The van der Waals surface area contributed by atoms with Crippen LogP contribution in [0.5, 0.6) is 5.75 Å². The first-order valence-electron chi connectivity index (χ1n) is 14.2. The van der Waals surface area contributed by atoms with Crippen LogP contribution < -0.4 is 4.74 Å².